The molecule has 0 aliphatic rings. The Hall–Kier alpha value is -2.23. The minimum absolute atomic E-state index is 0.347. The number of methoxy groups -OCH3 is 1. The molecule has 0 aliphatic carbocycles. The third-order valence-corrected chi connectivity index (χ3v) is 3.02. The van der Waals surface area contributed by atoms with Crippen molar-refractivity contribution in [3.63, 3.8) is 0 Å². The molecule has 0 aliphatic heterocycles. The zero-order valence-corrected chi connectivity index (χ0v) is 11.2. The number of aromatic amines is 1. The van der Waals surface area contributed by atoms with Crippen LogP contribution in [0.3, 0.4) is 0 Å². The van der Waals surface area contributed by atoms with E-state index >= 15 is 0 Å². The Morgan fingerprint density at radius 3 is 2.79 bits per heavy atom. The van der Waals surface area contributed by atoms with Crippen LogP contribution in [0, 0.1) is 0 Å². The van der Waals surface area contributed by atoms with E-state index in [0.29, 0.717) is 12.2 Å². The maximum Gasteiger partial charge on any atom is 0.354 e. The summed E-state index contributed by atoms with van der Waals surface area (Å²) in [5.41, 5.74) is 3.83. The van der Waals surface area contributed by atoms with Crippen molar-refractivity contribution in [3.8, 4) is 0 Å². The average molecular weight is 258 g/mol. The molecule has 0 unspecified atom stereocenters. The first-order valence-corrected chi connectivity index (χ1v) is 6.32. The van der Waals surface area contributed by atoms with E-state index in [2.05, 4.69) is 34.1 Å². The smallest absolute Gasteiger partial charge is 0.354 e. The van der Waals surface area contributed by atoms with Crippen molar-refractivity contribution >= 4 is 11.7 Å². The van der Waals surface area contributed by atoms with Gasteiger partial charge in [0.05, 0.1) is 13.7 Å². The van der Waals surface area contributed by atoms with Crippen LogP contribution in [-0.2, 0) is 17.7 Å². The maximum absolute atomic E-state index is 11.3. The predicted octanol–water partition coefficient (Wildman–Crippen LogP) is 2.98. The number of aryl methyl sites for hydroxylation is 1. The molecule has 0 spiro atoms. The molecule has 0 amide bonds. The Bertz CT molecular complexity index is 561. The second kappa shape index (κ2) is 6.09. The number of H-pyrrole nitrogens is 1. The molecule has 0 radical (unpaired) electrons. The van der Waals surface area contributed by atoms with E-state index in [9.17, 15) is 4.79 Å². The van der Waals surface area contributed by atoms with Crippen molar-refractivity contribution in [3.05, 3.63) is 53.3 Å². The van der Waals surface area contributed by atoms with Crippen molar-refractivity contribution in [2.24, 2.45) is 0 Å². The molecule has 0 saturated heterocycles. The van der Waals surface area contributed by atoms with Crippen LogP contribution >= 0.6 is 0 Å². The molecular formula is C15H18N2O2. The number of esters is 1. The number of rotatable bonds is 5. The summed E-state index contributed by atoms with van der Waals surface area (Å²) in [4.78, 5) is 14.4. The fourth-order valence-electron chi connectivity index (χ4n) is 1.96. The Balaban J connectivity index is 2.02. The topological polar surface area (TPSA) is 54.1 Å². The number of hydrogen-bond donors (Lipinski definition) is 2. The van der Waals surface area contributed by atoms with Gasteiger partial charge in [0.25, 0.3) is 0 Å². The van der Waals surface area contributed by atoms with Crippen LogP contribution in [0.5, 0.6) is 0 Å². The highest BCUT2D eigenvalue weighted by Crippen LogP contribution is 2.16. The van der Waals surface area contributed by atoms with Crippen LogP contribution in [0.4, 0.5) is 5.69 Å². The van der Waals surface area contributed by atoms with Gasteiger partial charge in [-0.05, 0) is 30.2 Å². The number of nitrogens with one attached hydrogen (secondary N) is 2. The fraction of sp³-hybridized carbons (Fsp3) is 0.267. The minimum Gasteiger partial charge on any atom is -0.464 e. The highest BCUT2D eigenvalue weighted by atomic mass is 16.5. The van der Waals surface area contributed by atoms with E-state index in [1.807, 2.05) is 18.2 Å². The number of carbonyl (C=O) groups excluding carboxylic acids is 1. The molecule has 0 fully saturated rings. The van der Waals surface area contributed by atoms with Crippen LogP contribution < -0.4 is 5.32 Å². The second-order valence-electron chi connectivity index (χ2n) is 4.25. The van der Waals surface area contributed by atoms with E-state index in [4.69, 9.17) is 0 Å². The highest BCUT2D eigenvalue weighted by molar-refractivity contribution is 5.87. The highest BCUT2D eigenvalue weighted by Gasteiger charge is 2.07. The molecule has 4 nitrogen and oxygen atoms in total. The van der Waals surface area contributed by atoms with E-state index in [1.165, 1.54) is 12.7 Å². The Morgan fingerprint density at radius 2 is 2.05 bits per heavy atom. The quantitative estimate of drug-likeness (QED) is 0.811. The molecule has 1 heterocycles. The van der Waals surface area contributed by atoms with E-state index < -0.39 is 0 Å². The molecule has 4 heteroatoms. The third-order valence-electron chi connectivity index (χ3n) is 3.02. The van der Waals surface area contributed by atoms with Gasteiger partial charge in [0.1, 0.15) is 5.69 Å². The SMILES string of the molecule is CCc1ccccc1NCc1ccc(C(=O)OC)[nH]1. The lowest BCUT2D eigenvalue weighted by Gasteiger charge is -2.09. The lowest BCUT2D eigenvalue weighted by atomic mass is 10.1. The number of ether oxygens (including phenoxy) is 1. The lowest BCUT2D eigenvalue weighted by molar-refractivity contribution is 0.0594. The molecule has 19 heavy (non-hydrogen) atoms. The number of anilines is 1. The van der Waals surface area contributed by atoms with Gasteiger partial charge in [-0.2, -0.15) is 0 Å². The lowest BCUT2D eigenvalue weighted by Crippen LogP contribution is -2.04. The maximum atomic E-state index is 11.3. The van der Waals surface area contributed by atoms with Gasteiger partial charge in [0.2, 0.25) is 0 Å². The summed E-state index contributed by atoms with van der Waals surface area (Å²) in [6.07, 6.45) is 0.987. The van der Waals surface area contributed by atoms with Gasteiger partial charge < -0.3 is 15.0 Å². The van der Waals surface area contributed by atoms with Crippen molar-refractivity contribution in [1.29, 1.82) is 0 Å². The van der Waals surface area contributed by atoms with Crippen molar-refractivity contribution < 1.29 is 9.53 Å². The van der Waals surface area contributed by atoms with E-state index in [1.54, 1.807) is 6.07 Å². The largest absolute Gasteiger partial charge is 0.464 e. The molecule has 0 bridgehead atoms. The van der Waals surface area contributed by atoms with Gasteiger partial charge in [-0.25, -0.2) is 4.79 Å². The average Bonchev–Trinajstić information content (AvgIpc) is 2.93. The zero-order valence-electron chi connectivity index (χ0n) is 11.2. The number of hydrogen-bond acceptors (Lipinski definition) is 3. The van der Waals surface area contributed by atoms with Crippen molar-refractivity contribution in [2.45, 2.75) is 19.9 Å². The molecule has 0 atom stereocenters. The monoisotopic (exact) mass is 258 g/mol. The van der Waals surface area contributed by atoms with Crippen LogP contribution in [0.25, 0.3) is 0 Å². The summed E-state index contributed by atoms with van der Waals surface area (Å²) < 4.78 is 4.66. The van der Waals surface area contributed by atoms with E-state index in [-0.39, 0.29) is 5.97 Å². The minimum atomic E-state index is -0.347. The second-order valence-corrected chi connectivity index (χ2v) is 4.25. The fourth-order valence-corrected chi connectivity index (χ4v) is 1.96. The third kappa shape index (κ3) is 3.16. The molecule has 2 aromatic rings. The molecule has 2 rings (SSSR count). The number of benzene rings is 1. The number of aromatic nitrogens is 1. The predicted molar refractivity (Wildman–Crippen MR) is 75.3 cm³/mol. The van der Waals surface area contributed by atoms with Gasteiger partial charge in [0, 0.05) is 11.4 Å². The number of para-hydroxylation sites is 1. The van der Waals surface area contributed by atoms with Gasteiger partial charge in [-0.3, -0.25) is 0 Å². The number of carbonyl (C=O) groups is 1. The summed E-state index contributed by atoms with van der Waals surface area (Å²) in [5.74, 6) is -0.347. The molecule has 2 N–H and O–H groups in total. The molecule has 1 aromatic carbocycles. The molecule has 100 valence electrons. The first-order valence-electron chi connectivity index (χ1n) is 6.32. The first kappa shape index (κ1) is 13.2. The zero-order chi connectivity index (χ0) is 13.7. The summed E-state index contributed by atoms with van der Waals surface area (Å²) in [6, 6.07) is 11.8. The summed E-state index contributed by atoms with van der Waals surface area (Å²) in [7, 11) is 1.37. The first-order chi connectivity index (χ1) is 9.24. The van der Waals surface area contributed by atoms with Crippen molar-refractivity contribution in [1.82, 2.24) is 4.98 Å². The van der Waals surface area contributed by atoms with Crippen LogP contribution in [0.2, 0.25) is 0 Å². The van der Waals surface area contributed by atoms with Crippen LogP contribution in [0.15, 0.2) is 36.4 Å². The molecule has 1 aromatic heterocycles. The van der Waals surface area contributed by atoms with Gasteiger partial charge in [0.15, 0.2) is 0 Å². The standard InChI is InChI=1S/C15H18N2O2/c1-3-11-6-4-5-7-13(11)16-10-12-8-9-14(17-12)15(18)19-2/h4-9,16-17H,3,10H2,1-2H3. The van der Waals surface area contributed by atoms with Crippen molar-refractivity contribution in [2.75, 3.05) is 12.4 Å². The molecular weight excluding hydrogens is 240 g/mol. The van der Waals surface area contributed by atoms with Gasteiger partial charge >= 0.3 is 5.97 Å². The summed E-state index contributed by atoms with van der Waals surface area (Å²) >= 11 is 0. The normalized spacial score (nSPS) is 10.2. The van der Waals surface area contributed by atoms with Crippen LogP contribution in [-0.4, -0.2) is 18.1 Å². The van der Waals surface area contributed by atoms with Gasteiger partial charge in [-0.15, -0.1) is 0 Å². The Kier molecular flexibility index (Phi) is 4.23. The van der Waals surface area contributed by atoms with E-state index in [0.717, 1.165) is 17.8 Å². The molecule has 0 saturated carbocycles. The Labute approximate surface area is 112 Å². The van der Waals surface area contributed by atoms with Crippen LogP contribution in [0.1, 0.15) is 28.7 Å². The summed E-state index contributed by atoms with van der Waals surface area (Å²) in [5, 5.41) is 3.37. The summed E-state index contributed by atoms with van der Waals surface area (Å²) in [6.45, 7) is 2.78. The Morgan fingerprint density at radius 1 is 1.26 bits per heavy atom. The van der Waals surface area contributed by atoms with Gasteiger partial charge in [-0.1, -0.05) is 25.1 Å².